The van der Waals surface area contributed by atoms with E-state index >= 15 is 0 Å². The summed E-state index contributed by atoms with van der Waals surface area (Å²) < 4.78 is 29.4. The van der Waals surface area contributed by atoms with Crippen LogP contribution in [0.2, 0.25) is 0 Å². The van der Waals surface area contributed by atoms with E-state index in [1.54, 1.807) is 69.3 Å². The molecule has 7 N–H and O–H groups in total. The summed E-state index contributed by atoms with van der Waals surface area (Å²) in [6.07, 6.45) is 4.47. The number of nitrogens with two attached hydrogens (primary N) is 1. The molecule has 19 heteroatoms. The van der Waals surface area contributed by atoms with Crippen molar-refractivity contribution in [3.8, 4) is 23.0 Å². The van der Waals surface area contributed by atoms with Crippen molar-refractivity contribution in [3.63, 3.8) is 0 Å². The minimum Gasteiger partial charge on any atom is -0.493 e. The standard InChI is InChI=1S/C49H62N8O11/c1-27(2)43(44(50)58)52-45(59)30(5)53-54-32-13-11-31(12-14-32)26-68-49(63)57-37-22-42(40(65-7)20-35(37)47(61)56-25-29(4)18-38(56)48(57)62)67-16-10-8-9-15-66-41-21-36-34(19-39(41)64-6)46(60)55-24-28(3)17-33(55)23-51-36/h11-14,19-22,24-25,27,30,33,38,43,48,51,53-54,62H,8-10,15-18,23,26H2,1-7H3,(H2,50,58)(H,52,59)/t30-,33-,38-,43-,48-/m0/s1. The first-order chi connectivity index (χ1) is 32.6. The zero-order valence-electron chi connectivity index (χ0n) is 39.6. The van der Waals surface area contributed by atoms with Crippen molar-refractivity contribution in [1.82, 2.24) is 20.5 Å². The van der Waals surface area contributed by atoms with E-state index in [2.05, 4.69) is 21.5 Å². The van der Waals surface area contributed by atoms with Crippen LogP contribution in [-0.4, -0.2) is 109 Å². The van der Waals surface area contributed by atoms with Gasteiger partial charge in [-0.05, 0) is 88.6 Å². The number of hydrazine groups is 1. The van der Waals surface area contributed by atoms with E-state index in [9.17, 15) is 29.1 Å². The Bertz CT molecular complexity index is 2460. The summed E-state index contributed by atoms with van der Waals surface area (Å²) in [6, 6.07) is 11.3. The maximum Gasteiger partial charge on any atom is 0.416 e. The predicted octanol–water partition coefficient (Wildman–Crippen LogP) is 5.40. The minimum absolute atomic E-state index is 0.0631. The van der Waals surface area contributed by atoms with E-state index < -0.39 is 48.2 Å². The molecule has 0 saturated heterocycles. The lowest BCUT2D eigenvalue weighted by atomic mass is 10.0. The highest BCUT2D eigenvalue weighted by atomic mass is 16.6. The summed E-state index contributed by atoms with van der Waals surface area (Å²) in [5, 5.41) is 17.9. The molecule has 0 aromatic heterocycles. The van der Waals surface area contributed by atoms with Crippen molar-refractivity contribution in [3.05, 3.63) is 88.8 Å². The Morgan fingerprint density at radius 2 is 1.44 bits per heavy atom. The molecule has 5 amide bonds. The van der Waals surface area contributed by atoms with Gasteiger partial charge in [0, 0.05) is 36.8 Å². The van der Waals surface area contributed by atoms with Gasteiger partial charge in [-0.25, -0.2) is 15.1 Å². The van der Waals surface area contributed by atoms with E-state index in [0.717, 1.165) is 23.3 Å². The number of rotatable bonds is 19. The number of hydrogen-bond acceptors (Lipinski definition) is 14. The van der Waals surface area contributed by atoms with Gasteiger partial charge in [-0.1, -0.05) is 37.1 Å². The van der Waals surface area contributed by atoms with Crippen LogP contribution < -0.4 is 51.1 Å². The van der Waals surface area contributed by atoms with Gasteiger partial charge in [0.25, 0.3) is 11.8 Å². The number of unbranched alkanes of at least 4 members (excludes halogenated alkanes) is 2. The number of ether oxygens (including phenoxy) is 5. The van der Waals surface area contributed by atoms with Crippen molar-refractivity contribution in [2.24, 2.45) is 11.7 Å². The predicted molar refractivity (Wildman–Crippen MR) is 253 cm³/mol. The van der Waals surface area contributed by atoms with Crippen molar-refractivity contribution < 1.29 is 52.8 Å². The number of fused-ring (bicyclic) bond motifs is 4. The van der Waals surface area contributed by atoms with Crippen LogP contribution >= 0.6 is 0 Å². The van der Waals surface area contributed by atoms with Gasteiger partial charge in [0.05, 0.1) is 62.0 Å². The van der Waals surface area contributed by atoms with Crippen LogP contribution in [0.25, 0.3) is 0 Å². The number of aliphatic hydroxyl groups is 1. The first-order valence-corrected chi connectivity index (χ1v) is 22.9. The SMILES string of the molecule is COc1cc2c(cc1OCCCCCOc1cc3c(cc1OC)C(=O)N1C=C(C)C[C@H]1[C@H](O)N3C(=O)OCc1ccc(NN[C@@H](C)C(=O)N[C@H](C(N)=O)C(C)C)cc1)NC[C@@H]1CC(C)=CN1C2=O. The molecule has 0 fully saturated rings. The number of anilines is 3. The molecule has 4 aliphatic heterocycles. The smallest absolute Gasteiger partial charge is 0.416 e. The Balaban J connectivity index is 0.962. The van der Waals surface area contributed by atoms with Gasteiger partial charge in [-0.15, -0.1) is 0 Å². The van der Waals surface area contributed by atoms with Crippen molar-refractivity contribution in [2.45, 2.75) is 104 Å². The second kappa shape index (κ2) is 21.3. The molecule has 0 spiro atoms. The molecule has 5 atom stereocenters. The third-order valence-corrected chi connectivity index (χ3v) is 12.4. The van der Waals surface area contributed by atoms with Crippen LogP contribution in [-0.2, 0) is 20.9 Å². The number of amides is 5. The fraction of sp³-hybridized carbons (Fsp3) is 0.449. The lowest BCUT2D eigenvalue weighted by molar-refractivity contribution is -0.129. The molecular formula is C49H62N8O11. The fourth-order valence-corrected chi connectivity index (χ4v) is 8.65. The number of benzene rings is 3. The molecule has 4 aliphatic rings. The number of methoxy groups -OCH3 is 2. The molecule has 364 valence electrons. The van der Waals surface area contributed by atoms with Gasteiger partial charge in [-0.2, -0.15) is 0 Å². The molecule has 3 aromatic carbocycles. The van der Waals surface area contributed by atoms with Crippen LogP contribution in [0.4, 0.5) is 21.9 Å². The topological polar surface area (TPSA) is 236 Å². The monoisotopic (exact) mass is 938 g/mol. The zero-order chi connectivity index (χ0) is 48.8. The number of carbonyl (C=O) groups is 5. The van der Waals surface area contributed by atoms with E-state index in [-0.39, 0.29) is 53.8 Å². The molecule has 19 nitrogen and oxygen atoms in total. The number of primary amides is 1. The second-order valence-corrected chi connectivity index (χ2v) is 17.9. The lowest BCUT2D eigenvalue weighted by Crippen LogP contribution is -2.53. The largest absolute Gasteiger partial charge is 0.493 e. The van der Waals surface area contributed by atoms with E-state index in [0.29, 0.717) is 66.4 Å². The highest BCUT2D eigenvalue weighted by Gasteiger charge is 2.45. The third kappa shape index (κ3) is 10.7. The third-order valence-electron chi connectivity index (χ3n) is 12.4. The Labute approximate surface area is 395 Å². The van der Waals surface area contributed by atoms with Gasteiger partial charge in [0.1, 0.15) is 18.7 Å². The molecule has 0 bridgehead atoms. The molecule has 0 unspecified atom stereocenters. The molecule has 3 aromatic rings. The lowest BCUT2D eigenvalue weighted by Gasteiger charge is -2.31. The molecule has 0 aliphatic carbocycles. The van der Waals surface area contributed by atoms with Crippen molar-refractivity contribution in [1.29, 1.82) is 0 Å². The van der Waals surface area contributed by atoms with Gasteiger partial charge in [0.15, 0.2) is 29.2 Å². The van der Waals surface area contributed by atoms with E-state index in [1.807, 2.05) is 26.1 Å². The highest BCUT2D eigenvalue weighted by molar-refractivity contribution is 6.06. The summed E-state index contributed by atoms with van der Waals surface area (Å²) in [5.41, 5.74) is 16.0. The van der Waals surface area contributed by atoms with Gasteiger partial charge < -0.3 is 60.4 Å². The summed E-state index contributed by atoms with van der Waals surface area (Å²) in [6.45, 7) is 10.2. The van der Waals surface area contributed by atoms with Crippen LogP contribution in [0.1, 0.15) is 93.0 Å². The summed E-state index contributed by atoms with van der Waals surface area (Å²) >= 11 is 0. The average molecular weight is 939 g/mol. The molecular weight excluding hydrogens is 877 g/mol. The summed E-state index contributed by atoms with van der Waals surface area (Å²) in [7, 11) is 3.01. The van der Waals surface area contributed by atoms with Gasteiger partial charge >= 0.3 is 6.09 Å². The van der Waals surface area contributed by atoms with E-state index in [4.69, 9.17) is 29.4 Å². The first kappa shape index (κ1) is 48.9. The molecule has 7 rings (SSSR count). The van der Waals surface area contributed by atoms with Crippen LogP contribution in [0.5, 0.6) is 23.0 Å². The Morgan fingerprint density at radius 1 is 0.824 bits per heavy atom. The fourth-order valence-electron chi connectivity index (χ4n) is 8.65. The zero-order valence-corrected chi connectivity index (χ0v) is 39.6. The first-order valence-electron chi connectivity index (χ1n) is 22.9. The molecule has 0 radical (unpaired) electrons. The quantitative estimate of drug-likeness (QED) is 0.0653. The minimum atomic E-state index is -1.47. The van der Waals surface area contributed by atoms with Gasteiger partial charge in [0.2, 0.25) is 11.8 Å². The number of hydrogen-bond donors (Lipinski definition) is 6. The molecule has 0 saturated carbocycles. The van der Waals surface area contributed by atoms with Crippen molar-refractivity contribution in [2.75, 3.05) is 49.6 Å². The number of nitrogens with one attached hydrogen (secondary N) is 4. The number of carbonyl (C=O) groups excluding carboxylic acids is 5. The Hall–Kier alpha value is -6.99. The molecule has 4 heterocycles. The summed E-state index contributed by atoms with van der Waals surface area (Å²) in [5.74, 6) is -0.139. The maximum absolute atomic E-state index is 14.1. The number of nitrogens with zero attached hydrogens (tertiary/aromatic N) is 3. The van der Waals surface area contributed by atoms with Crippen LogP contribution in [0.15, 0.2) is 72.1 Å². The normalized spacial score (nSPS) is 19.2. The average Bonchev–Trinajstić information content (AvgIpc) is 3.86. The van der Waals surface area contributed by atoms with Crippen LogP contribution in [0.3, 0.4) is 0 Å². The maximum atomic E-state index is 14.1. The van der Waals surface area contributed by atoms with Crippen LogP contribution in [0, 0.1) is 5.92 Å². The highest BCUT2D eigenvalue weighted by Crippen LogP contribution is 2.42. The number of aliphatic hydroxyl groups excluding tert-OH is 1. The van der Waals surface area contributed by atoms with E-state index in [1.165, 1.54) is 29.7 Å². The van der Waals surface area contributed by atoms with Crippen molar-refractivity contribution >= 4 is 46.8 Å². The second-order valence-electron chi connectivity index (χ2n) is 17.9. The summed E-state index contributed by atoms with van der Waals surface area (Å²) in [4.78, 5) is 70.2. The Kier molecular flexibility index (Phi) is 15.3. The Morgan fingerprint density at radius 3 is 2.09 bits per heavy atom. The van der Waals surface area contributed by atoms with Gasteiger partial charge in [-0.3, -0.25) is 19.2 Å². The molecule has 68 heavy (non-hydrogen) atoms.